The Bertz CT molecular complexity index is 230. The van der Waals surface area contributed by atoms with E-state index >= 15 is 0 Å². The summed E-state index contributed by atoms with van der Waals surface area (Å²) >= 11 is 0. The van der Waals surface area contributed by atoms with Gasteiger partial charge in [-0.1, -0.05) is 6.92 Å². The van der Waals surface area contributed by atoms with Crippen LogP contribution in [0, 0.1) is 5.92 Å². The third kappa shape index (κ3) is 5.02. The molecule has 0 aromatic heterocycles. The van der Waals surface area contributed by atoms with E-state index in [-0.39, 0.29) is 18.5 Å². The predicted octanol–water partition coefficient (Wildman–Crippen LogP) is -0.158. The molecule has 2 unspecified atom stereocenters. The van der Waals surface area contributed by atoms with Crippen molar-refractivity contribution in [1.82, 2.24) is 10.2 Å². The average Bonchev–Trinajstić information content (AvgIpc) is 2.81. The minimum atomic E-state index is -0.188. The summed E-state index contributed by atoms with van der Waals surface area (Å²) in [5.74, 6) is -0.333. The van der Waals surface area contributed by atoms with Gasteiger partial charge in [-0.2, -0.15) is 0 Å². The largest absolute Gasteiger partial charge is 0.469 e. The lowest BCUT2D eigenvalue weighted by atomic mass is 10.1. The fourth-order valence-electron chi connectivity index (χ4n) is 2.29. The van der Waals surface area contributed by atoms with E-state index in [2.05, 4.69) is 10.2 Å². The maximum absolute atomic E-state index is 11.4. The zero-order valence-electron chi connectivity index (χ0n) is 10.8. The molecule has 2 N–H and O–H groups in total. The van der Waals surface area contributed by atoms with E-state index in [4.69, 9.17) is 9.84 Å². The van der Waals surface area contributed by atoms with Crippen molar-refractivity contribution in [3.63, 3.8) is 0 Å². The Hall–Kier alpha value is -0.650. The van der Waals surface area contributed by atoms with Crippen LogP contribution in [0.15, 0.2) is 0 Å². The van der Waals surface area contributed by atoms with Gasteiger partial charge in [0.2, 0.25) is 0 Å². The highest BCUT2D eigenvalue weighted by Gasteiger charge is 2.21. The van der Waals surface area contributed by atoms with Crippen LogP contribution < -0.4 is 5.32 Å². The molecule has 1 aliphatic heterocycles. The Morgan fingerprint density at radius 1 is 1.65 bits per heavy atom. The van der Waals surface area contributed by atoms with Crippen molar-refractivity contribution in [2.75, 3.05) is 39.9 Å². The van der Waals surface area contributed by atoms with Gasteiger partial charge >= 0.3 is 5.97 Å². The third-order valence-corrected chi connectivity index (χ3v) is 3.19. The second-order valence-electron chi connectivity index (χ2n) is 4.70. The number of esters is 1. The number of aliphatic hydroxyl groups excluding tert-OH is 1. The van der Waals surface area contributed by atoms with Gasteiger partial charge in [0.05, 0.1) is 19.6 Å². The van der Waals surface area contributed by atoms with Crippen molar-refractivity contribution in [3.8, 4) is 0 Å². The fourth-order valence-corrected chi connectivity index (χ4v) is 2.29. The number of nitrogens with one attached hydrogen (secondary N) is 1. The first-order valence-electron chi connectivity index (χ1n) is 6.31. The molecule has 0 radical (unpaired) electrons. The van der Waals surface area contributed by atoms with Crippen molar-refractivity contribution in [2.45, 2.75) is 25.8 Å². The Kier molecular flexibility index (Phi) is 6.47. The smallest absolute Gasteiger partial charge is 0.309 e. The minimum Gasteiger partial charge on any atom is -0.469 e. The van der Waals surface area contributed by atoms with Crippen LogP contribution in [0.4, 0.5) is 0 Å². The molecule has 1 fully saturated rings. The molecule has 0 spiro atoms. The Labute approximate surface area is 103 Å². The standard InChI is InChI=1S/C12H24N2O3/c1-10(12(16)17-2)8-14(6-7-15)9-11-4-3-5-13-11/h10-11,13,15H,3-9H2,1-2H3. The number of ether oxygens (including phenoxy) is 1. The maximum atomic E-state index is 11.4. The number of nitrogens with zero attached hydrogens (tertiary/aromatic N) is 1. The van der Waals surface area contributed by atoms with Crippen LogP contribution in [0.5, 0.6) is 0 Å². The van der Waals surface area contributed by atoms with Gasteiger partial charge in [-0.05, 0) is 19.4 Å². The lowest BCUT2D eigenvalue weighted by Crippen LogP contribution is -2.42. The monoisotopic (exact) mass is 244 g/mol. The molecule has 1 aliphatic rings. The summed E-state index contributed by atoms with van der Waals surface area (Å²) in [5, 5.41) is 12.5. The summed E-state index contributed by atoms with van der Waals surface area (Å²) in [6, 6.07) is 0.492. The molecule has 0 aromatic carbocycles. The number of aliphatic hydroxyl groups is 1. The molecule has 0 amide bonds. The van der Waals surface area contributed by atoms with Crippen LogP contribution >= 0.6 is 0 Å². The summed E-state index contributed by atoms with van der Waals surface area (Å²) in [7, 11) is 1.41. The summed E-state index contributed by atoms with van der Waals surface area (Å²) in [5.41, 5.74) is 0. The topological polar surface area (TPSA) is 61.8 Å². The van der Waals surface area contributed by atoms with Crippen molar-refractivity contribution >= 4 is 5.97 Å². The number of methoxy groups -OCH3 is 1. The SMILES string of the molecule is COC(=O)C(C)CN(CCO)CC1CCCN1. The molecular weight excluding hydrogens is 220 g/mol. The molecule has 1 heterocycles. The van der Waals surface area contributed by atoms with E-state index in [1.165, 1.54) is 20.0 Å². The van der Waals surface area contributed by atoms with Crippen molar-refractivity contribution < 1.29 is 14.6 Å². The van der Waals surface area contributed by atoms with Crippen molar-refractivity contribution in [3.05, 3.63) is 0 Å². The highest BCUT2D eigenvalue weighted by atomic mass is 16.5. The molecule has 0 aliphatic carbocycles. The van der Waals surface area contributed by atoms with Gasteiger partial charge in [0, 0.05) is 25.7 Å². The second-order valence-corrected chi connectivity index (χ2v) is 4.70. The normalized spacial score (nSPS) is 21.8. The lowest BCUT2D eigenvalue weighted by Gasteiger charge is -2.26. The Morgan fingerprint density at radius 3 is 2.94 bits per heavy atom. The van der Waals surface area contributed by atoms with Crippen LogP contribution in [0.3, 0.4) is 0 Å². The minimum absolute atomic E-state index is 0.126. The van der Waals surface area contributed by atoms with Gasteiger partial charge < -0.3 is 15.2 Å². The molecule has 2 atom stereocenters. The van der Waals surface area contributed by atoms with Crippen LogP contribution in [0.25, 0.3) is 0 Å². The van der Waals surface area contributed by atoms with Gasteiger partial charge in [-0.3, -0.25) is 9.69 Å². The van der Waals surface area contributed by atoms with Gasteiger partial charge in [0.25, 0.3) is 0 Å². The van der Waals surface area contributed by atoms with Gasteiger partial charge in [-0.15, -0.1) is 0 Å². The number of carbonyl (C=O) groups excluding carboxylic acids is 1. The number of rotatable bonds is 7. The van der Waals surface area contributed by atoms with Crippen LogP contribution in [0.2, 0.25) is 0 Å². The van der Waals surface area contributed by atoms with Gasteiger partial charge in [-0.25, -0.2) is 0 Å². The van der Waals surface area contributed by atoms with Gasteiger partial charge in [0.1, 0.15) is 0 Å². The number of hydrogen-bond donors (Lipinski definition) is 2. The van der Waals surface area contributed by atoms with E-state index in [9.17, 15) is 4.79 Å². The molecule has 0 saturated carbocycles. The Balaban J connectivity index is 2.38. The zero-order chi connectivity index (χ0) is 12.7. The van der Waals surface area contributed by atoms with Gasteiger partial charge in [0.15, 0.2) is 0 Å². The lowest BCUT2D eigenvalue weighted by molar-refractivity contribution is -0.145. The predicted molar refractivity (Wildman–Crippen MR) is 65.7 cm³/mol. The highest BCUT2D eigenvalue weighted by molar-refractivity contribution is 5.72. The number of carbonyl (C=O) groups is 1. The first kappa shape index (κ1) is 14.4. The molecule has 5 heteroatoms. The fraction of sp³-hybridized carbons (Fsp3) is 0.917. The molecule has 1 rings (SSSR count). The summed E-state index contributed by atoms with van der Waals surface area (Å²) in [6.07, 6.45) is 2.39. The maximum Gasteiger partial charge on any atom is 0.309 e. The van der Waals surface area contributed by atoms with E-state index in [0.717, 1.165) is 13.1 Å². The first-order valence-corrected chi connectivity index (χ1v) is 6.31. The van der Waals surface area contributed by atoms with Crippen LogP contribution in [-0.2, 0) is 9.53 Å². The Morgan fingerprint density at radius 2 is 2.41 bits per heavy atom. The quantitative estimate of drug-likeness (QED) is 0.610. The third-order valence-electron chi connectivity index (χ3n) is 3.19. The van der Waals surface area contributed by atoms with Crippen LogP contribution in [-0.4, -0.2) is 61.9 Å². The zero-order valence-corrected chi connectivity index (χ0v) is 10.8. The second kappa shape index (κ2) is 7.63. The number of hydrogen-bond acceptors (Lipinski definition) is 5. The molecule has 1 saturated heterocycles. The van der Waals surface area contributed by atoms with E-state index in [1.807, 2.05) is 6.92 Å². The average molecular weight is 244 g/mol. The van der Waals surface area contributed by atoms with E-state index < -0.39 is 0 Å². The van der Waals surface area contributed by atoms with Crippen molar-refractivity contribution in [2.24, 2.45) is 5.92 Å². The molecular formula is C12H24N2O3. The summed E-state index contributed by atoms with van der Waals surface area (Å²) < 4.78 is 4.72. The van der Waals surface area contributed by atoms with E-state index in [1.54, 1.807) is 0 Å². The molecule has 17 heavy (non-hydrogen) atoms. The van der Waals surface area contributed by atoms with Crippen LogP contribution in [0.1, 0.15) is 19.8 Å². The highest BCUT2D eigenvalue weighted by Crippen LogP contribution is 2.09. The first-order chi connectivity index (χ1) is 8.17. The molecule has 5 nitrogen and oxygen atoms in total. The molecule has 100 valence electrons. The van der Waals surface area contributed by atoms with E-state index in [0.29, 0.717) is 19.1 Å². The summed E-state index contributed by atoms with van der Waals surface area (Å²) in [6.45, 7) is 5.20. The summed E-state index contributed by atoms with van der Waals surface area (Å²) in [4.78, 5) is 13.5. The molecule has 0 bridgehead atoms. The molecule has 0 aromatic rings. The van der Waals surface area contributed by atoms with Crippen molar-refractivity contribution in [1.29, 1.82) is 0 Å².